The number of benzene rings is 1. The molecule has 1 aliphatic carbocycles. The van der Waals surface area contributed by atoms with E-state index < -0.39 is 0 Å². The first-order valence-corrected chi connectivity index (χ1v) is 9.98. The minimum absolute atomic E-state index is 0.154. The summed E-state index contributed by atoms with van der Waals surface area (Å²) in [5.74, 6) is 1.55. The number of hydrogen-bond acceptors (Lipinski definition) is 3. The summed E-state index contributed by atoms with van der Waals surface area (Å²) in [6, 6.07) is 8.21. The monoisotopic (exact) mass is 369 g/mol. The summed E-state index contributed by atoms with van der Waals surface area (Å²) in [5.41, 5.74) is 4.19. The molecular weight excluding hydrogens is 338 g/mol. The second-order valence-electron chi connectivity index (χ2n) is 7.70. The van der Waals surface area contributed by atoms with Crippen molar-refractivity contribution >= 4 is 5.91 Å². The molecule has 1 amide bonds. The highest BCUT2D eigenvalue weighted by Gasteiger charge is 2.23. The number of aromatic nitrogens is 2. The van der Waals surface area contributed by atoms with E-state index >= 15 is 0 Å². The molecule has 0 unspecified atom stereocenters. The Morgan fingerprint density at radius 3 is 2.81 bits per heavy atom. The highest BCUT2D eigenvalue weighted by Crippen LogP contribution is 2.25. The smallest absolute Gasteiger partial charge is 0.220 e. The van der Waals surface area contributed by atoms with Gasteiger partial charge >= 0.3 is 0 Å². The molecule has 1 fully saturated rings. The molecule has 1 aromatic heterocycles. The Balaban J connectivity index is 1.67. The molecule has 27 heavy (non-hydrogen) atoms. The number of aryl methyl sites for hydroxylation is 1. The molecule has 0 saturated heterocycles. The first-order valence-electron chi connectivity index (χ1n) is 9.98. The van der Waals surface area contributed by atoms with Crippen molar-refractivity contribution in [3.63, 3.8) is 0 Å². The van der Waals surface area contributed by atoms with E-state index in [2.05, 4.69) is 19.2 Å². The average Bonchev–Trinajstić information content (AvgIpc) is 2.96. The lowest BCUT2D eigenvalue weighted by Crippen LogP contribution is -2.41. The van der Waals surface area contributed by atoms with Gasteiger partial charge in [0.2, 0.25) is 5.91 Å². The number of ether oxygens (including phenoxy) is 1. The number of nitrogens with one attached hydrogen (secondary N) is 1. The zero-order valence-corrected chi connectivity index (χ0v) is 16.9. The van der Waals surface area contributed by atoms with Crippen LogP contribution in [0.15, 0.2) is 24.3 Å². The lowest BCUT2D eigenvalue weighted by Gasteiger charge is -2.29. The summed E-state index contributed by atoms with van der Waals surface area (Å²) in [6.07, 6.45) is 6.06. The number of carbonyl (C=O) groups is 1. The molecule has 146 valence electrons. The highest BCUT2D eigenvalue weighted by atomic mass is 16.5. The van der Waals surface area contributed by atoms with Crippen LogP contribution in [0.1, 0.15) is 56.0 Å². The van der Waals surface area contributed by atoms with Crippen LogP contribution in [0, 0.1) is 19.8 Å². The van der Waals surface area contributed by atoms with Crippen LogP contribution in [0.2, 0.25) is 0 Å². The van der Waals surface area contributed by atoms with E-state index in [9.17, 15) is 4.79 Å². The summed E-state index contributed by atoms with van der Waals surface area (Å²) in [6.45, 7) is 6.33. The van der Waals surface area contributed by atoms with Crippen molar-refractivity contribution in [3.05, 3.63) is 41.2 Å². The number of methoxy groups -OCH3 is 1. The molecule has 0 aliphatic heterocycles. The Morgan fingerprint density at radius 1 is 1.30 bits per heavy atom. The largest absolute Gasteiger partial charge is 0.497 e. The van der Waals surface area contributed by atoms with Crippen LogP contribution in [0.25, 0.3) is 5.69 Å². The van der Waals surface area contributed by atoms with Gasteiger partial charge in [-0.3, -0.25) is 4.79 Å². The Kier molecular flexibility index (Phi) is 6.19. The van der Waals surface area contributed by atoms with Gasteiger partial charge in [-0.25, -0.2) is 4.68 Å². The summed E-state index contributed by atoms with van der Waals surface area (Å²) >= 11 is 0. The number of amides is 1. The van der Waals surface area contributed by atoms with Crippen molar-refractivity contribution in [1.82, 2.24) is 15.1 Å². The molecule has 5 nitrogen and oxygen atoms in total. The third-order valence-corrected chi connectivity index (χ3v) is 5.80. The lowest BCUT2D eigenvalue weighted by atomic mass is 9.86. The van der Waals surface area contributed by atoms with E-state index in [0.29, 0.717) is 24.8 Å². The van der Waals surface area contributed by atoms with Gasteiger partial charge in [-0.05, 0) is 56.7 Å². The number of rotatable bonds is 6. The predicted octanol–water partition coefficient (Wildman–Crippen LogP) is 4.13. The Labute approximate surface area is 162 Å². The Morgan fingerprint density at radius 2 is 2.07 bits per heavy atom. The molecule has 1 aliphatic rings. The normalized spacial score (nSPS) is 19.7. The van der Waals surface area contributed by atoms with Crippen molar-refractivity contribution in [3.8, 4) is 11.4 Å². The van der Waals surface area contributed by atoms with E-state index in [0.717, 1.165) is 34.8 Å². The van der Waals surface area contributed by atoms with Crippen LogP contribution in [-0.4, -0.2) is 28.8 Å². The molecule has 5 heteroatoms. The molecule has 1 heterocycles. The number of hydrogen-bond donors (Lipinski definition) is 1. The van der Waals surface area contributed by atoms with Gasteiger partial charge in [-0.15, -0.1) is 0 Å². The first kappa shape index (κ1) is 19.5. The minimum atomic E-state index is 0.154. The van der Waals surface area contributed by atoms with E-state index in [1.54, 1.807) is 7.11 Å². The zero-order valence-electron chi connectivity index (χ0n) is 16.9. The zero-order chi connectivity index (χ0) is 19.4. The van der Waals surface area contributed by atoms with Crippen LogP contribution < -0.4 is 10.1 Å². The van der Waals surface area contributed by atoms with Crippen LogP contribution in [-0.2, 0) is 11.2 Å². The molecule has 2 atom stereocenters. The maximum absolute atomic E-state index is 12.5. The molecule has 0 radical (unpaired) electrons. The predicted molar refractivity (Wildman–Crippen MR) is 107 cm³/mol. The fourth-order valence-electron chi connectivity index (χ4n) is 4.08. The minimum Gasteiger partial charge on any atom is -0.497 e. The number of carbonyl (C=O) groups excluding carboxylic acids is 1. The van der Waals surface area contributed by atoms with Crippen molar-refractivity contribution in [1.29, 1.82) is 0 Å². The Hall–Kier alpha value is -2.30. The van der Waals surface area contributed by atoms with Gasteiger partial charge in [-0.2, -0.15) is 5.10 Å². The maximum atomic E-state index is 12.5. The quantitative estimate of drug-likeness (QED) is 0.833. The van der Waals surface area contributed by atoms with Gasteiger partial charge < -0.3 is 10.1 Å². The van der Waals surface area contributed by atoms with Crippen LogP contribution >= 0.6 is 0 Å². The second kappa shape index (κ2) is 8.59. The van der Waals surface area contributed by atoms with Crippen LogP contribution in [0.5, 0.6) is 5.75 Å². The van der Waals surface area contributed by atoms with Gasteiger partial charge in [0, 0.05) is 24.2 Å². The molecule has 1 N–H and O–H groups in total. The van der Waals surface area contributed by atoms with Crippen molar-refractivity contribution in [2.75, 3.05) is 7.11 Å². The maximum Gasteiger partial charge on any atom is 0.220 e. The van der Waals surface area contributed by atoms with Gasteiger partial charge in [0.15, 0.2) is 0 Å². The summed E-state index contributed by atoms with van der Waals surface area (Å²) in [5, 5.41) is 7.94. The van der Waals surface area contributed by atoms with Crippen LogP contribution in [0.3, 0.4) is 0 Å². The topological polar surface area (TPSA) is 56.2 Å². The van der Waals surface area contributed by atoms with E-state index in [1.807, 2.05) is 35.9 Å². The SMILES string of the molecule is COc1cccc(-n2nc(C)c(CCC(=O)N[C@H]3CCCC[C@H]3C)c2C)c1. The molecule has 3 rings (SSSR count). The first-order chi connectivity index (χ1) is 13.0. The Bertz CT molecular complexity index is 797. The molecule has 0 bridgehead atoms. The third kappa shape index (κ3) is 4.52. The fraction of sp³-hybridized carbons (Fsp3) is 0.545. The summed E-state index contributed by atoms with van der Waals surface area (Å²) in [7, 11) is 1.66. The molecule has 1 aromatic carbocycles. The fourth-order valence-corrected chi connectivity index (χ4v) is 4.08. The van der Waals surface area contributed by atoms with Gasteiger partial charge in [0.1, 0.15) is 5.75 Å². The van der Waals surface area contributed by atoms with Crippen molar-refractivity contribution < 1.29 is 9.53 Å². The third-order valence-electron chi connectivity index (χ3n) is 5.80. The second-order valence-corrected chi connectivity index (χ2v) is 7.70. The van der Waals surface area contributed by atoms with Gasteiger partial charge in [0.25, 0.3) is 0 Å². The number of nitrogens with zero attached hydrogens (tertiary/aromatic N) is 2. The standard InChI is InChI=1S/C22H31N3O2/c1-15-8-5-6-11-21(15)23-22(26)13-12-20-16(2)24-25(17(20)3)18-9-7-10-19(14-18)27-4/h7,9-10,14-15,21H,5-6,8,11-13H2,1-4H3,(H,23,26)/t15-,21+/m1/s1. The van der Waals surface area contributed by atoms with Crippen molar-refractivity contribution in [2.24, 2.45) is 5.92 Å². The van der Waals surface area contributed by atoms with Gasteiger partial charge in [0.05, 0.1) is 18.5 Å². The van der Waals surface area contributed by atoms with Gasteiger partial charge in [-0.1, -0.05) is 25.8 Å². The average molecular weight is 370 g/mol. The van der Waals surface area contributed by atoms with Crippen LogP contribution in [0.4, 0.5) is 0 Å². The highest BCUT2D eigenvalue weighted by molar-refractivity contribution is 5.76. The summed E-state index contributed by atoms with van der Waals surface area (Å²) in [4.78, 5) is 12.5. The molecular formula is C22H31N3O2. The molecule has 1 saturated carbocycles. The van der Waals surface area contributed by atoms with E-state index in [-0.39, 0.29) is 5.91 Å². The van der Waals surface area contributed by atoms with E-state index in [1.165, 1.54) is 19.3 Å². The molecule has 2 aromatic rings. The summed E-state index contributed by atoms with van der Waals surface area (Å²) < 4.78 is 7.26. The van der Waals surface area contributed by atoms with E-state index in [4.69, 9.17) is 9.84 Å². The van der Waals surface area contributed by atoms with Crippen molar-refractivity contribution in [2.45, 2.75) is 65.3 Å². The molecule has 0 spiro atoms. The lowest BCUT2D eigenvalue weighted by molar-refractivity contribution is -0.122.